The van der Waals surface area contributed by atoms with Gasteiger partial charge in [-0.15, -0.1) is 0 Å². The average Bonchev–Trinajstić information content (AvgIpc) is 2.69. The fraction of sp³-hybridized carbons (Fsp3) is 0.375. The van der Waals surface area contributed by atoms with Crippen molar-refractivity contribution in [3.05, 3.63) is 73.2 Å². The van der Waals surface area contributed by atoms with E-state index in [9.17, 15) is 4.79 Å². The minimum Gasteiger partial charge on any atom is -0.267 e. The highest BCUT2D eigenvalue weighted by Gasteiger charge is 2.22. The summed E-state index contributed by atoms with van der Waals surface area (Å²) in [6, 6.07) is 9.98. The molecule has 0 bridgehead atoms. The predicted molar refractivity (Wildman–Crippen MR) is 123 cm³/mol. The van der Waals surface area contributed by atoms with Crippen LogP contribution in [0, 0.1) is 20.8 Å². The summed E-state index contributed by atoms with van der Waals surface area (Å²) in [6.07, 6.45) is 7.56. The van der Waals surface area contributed by atoms with Crippen LogP contribution in [0.1, 0.15) is 66.1 Å². The first-order valence-corrected chi connectivity index (χ1v) is 11.1. The molecule has 1 aromatic heterocycles. The van der Waals surface area contributed by atoms with E-state index in [1.807, 2.05) is 24.4 Å². The highest BCUT2D eigenvalue weighted by atomic mass is 79.9. The molecule has 29 heavy (non-hydrogen) atoms. The second-order valence-corrected chi connectivity index (χ2v) is 9.06. The van der Waals surface area contributed by atoms with Crippen molar-refractivity contribution in [3.63, 3.8) is 0 Å². The Balaban J connectivity index is 1.89. The van der Waals surface area contributed by atoms with Gasteiger partial charge in [-0.05, 0) is 62.9 Å². The first kappa shape index (κ1) is 20.0. The molecule has 0 aliphatic heterocycles. The summed E-state index contributed by atoms with van der Waals surface area (Å²) >= 11 is 3.47. The molecule has 2 aromatic carbocycles. The van der Waals surface area contributed by atoms with Crippen LogP contribution in [0.4, 0.5) is 0 Å². The number of hydrogen-bond donors (Lipinski definition) is 0. The van der Waals surface area contributed by atoms with E-state index < -0.39 is 0 Å². The van der Waals surface area contributed by atoms with E-state index in [1.54, 1.807) is 4.68 Å². The van der Waals surface area contributed by atoms with Crippen LogP contribution in [0.25, 0.3) is 10.9 Å². The Bertz CT molecular complexity index is 1130. The van der Waals surface area contributed by atoms with E-state index in [4.69, 9.17) is 4.98 Å². The summed E-state index contributed by atoms with van der Waals surface area (Å²) in [7, 11) is 0. The van der Waals surface area contributed by atoms with Crippen LogP contribution in [0.3, 0.4) is 0 Å². The summed E-state index contributed by atoms with van der Waals surface area (Å²) in [5.41, 5.74) is 5.26. The van der Waals surface area contributed by atoms with Crippen molar-refractivity contribution in [2.45, 2.75) is 58.8 Å². The van der Waals surface area contributed by atoms with Gasteiger partial charge in [-0.2, -0.15) is 9.78 Å². The molecule has 1 aliphatic carbocycles. The van der Waals surface area contributed by atoms with Gasteiger partial charge in [-0.1, -0.05) is 52.9 Å². The third-order valence-corrected chi connectivity index (χ3v) is 6.34. The zero-order chi connectivity index (χ0) is 20.5. The van der Waals surface area contributed by atoms with Gasteiger partial charge in [0.15, 0.2) is 0 Å². The monoisotopic (exact) mass is 451 g/mol. The summed E-state index contributed by atoms with van der Waals surface area (Å²) in [6.45, 7) is 6.27. The van der Waals surface area contributed by atoms with Gasteiger partial charge in [0.1, 0.15) is 5.82 Å². The molecule has 0 unspecified atom stereocenters. The number of fused-ring (bicyclic) bond motifs is 1. The van der Waals surface area contributed by atoms with Crippen molar-refractivity contribution in [1.82, 2.24) is 9.66 Å². The van der Waals surface area contributed by atoms with Crippen molar-refractivity contribution in [1.29, 1.82) is 0 Å². The summed E-state index contributed by atoms with van der Waals surface area (Å²) in [5, 5.41) is 5.27. The first-order valence-electron chi connectivity index (χ1n) is 10.3. The molecule has 1 fully saturated rings. The first-order chi connectivity index (χ1) is 13.9. The Labute approximate surface area is 179 Å². The zero-order valence-electron chi connectivity index (χ0n) is 17.2. The van der Waals surface area contributed by atoms with Crippen LogP contribution in [-0.2, 0) is 0 Å². The van der Waals surface area contributed by atoms with Crippen LogP contribution >= 0.6 is 15.9 Å². The standard InChI is InChI=1S/C24H26BrN3O/c1-15-11-16(2)21(17(3)12-15)14-26-28-23(18-7-5-4-6-8-18)27-22-10-9-19(25)13-20(22)24(28)29/h9-14,18H,4-8H2,1-3H3. The van der Waals surface area contributed by atoms with Gasteiger partial charge in [0.2, 0.25) is 0 Å². The van der Waals surface area contributed by atoms with Crippen LogP contribution in [0.2, 0.25) is 0 Å². The molecule has 150 valence electrons. The van der Waals surface area contributed by atoms with Crippen molar-refractivity contribution < 1.29 is 0 Å². The van der Waals surface area contributed by atoms with Crippen LogP contribution < -0.4 is 5.56 Å². The number of hydrogen-bond acceptors (Lipinski definition) is 3. The second-order valence-electron chi connectivity index (χ2n) is 8.14. The Morgan fingerprint density at radius 2 is 1.76 bits per heavy atom. The molecule has 5 heteroatoms. The molecular formula is C24H26BrN3O. The third-order valence-electron chi connectivity index (χ3n) is 5.84. The minimum absolute atomic E-state index is 0.101. The fourth-order valence-electron chi connectivity index (χ4n) is 4.41. The zero-order valence-corrected chi connectivity index (χ0v) is 18.8. The van der Waals surface area contributed by atoms with Gasteiger partial charge in [-0.25, -0.2) is 4.98 Å². The van der Waals surface area contributed by atoms with Gasteiger partial charge < -0.3 is 0 Å². The third kappa shape index (κ3) is 4.06. The minimum atomic E-state index is -0.101. The maximum atomic E-state index is 13.4. The second kappa shape index (κ2) is 8.23. The Morgan fingerprint density at radius 1 is 1.07 bits per heavy atom. The fourth-order valence-corrected chi connectivity index (χ4v) is 4.77. The number of aromatic nitrogens is 2. The van der Waals surface area contributed by atoms with Gasteiger partial charge in [0.25, 0.3) is 5.56 Å². The van der Waals surface area contributed by atoms with Crippen LogP contribution in [-0.4, -0.2) is 15.9 Å². The summed E-state index contributed by atoms with van der Waals surface area (Å²) < 4.78 is 2.42. The molecular weight excluding hydrogens is 426 g/mol. The van der Waals surface area contributed by atoms with E-state index in [1.165, 1.54) is 24.8 Å². The maximum Gasteiger partial charge on any atom is 0.282 e. The SMILES string of the molecule is Cc1cc(C)c(C=Nn2c(C3CCCCC3)nc3ccc(Br)cc3c2=O)c(C)c1. The molecule has 1 heterocycles. The number of rotatable bonds is 3. The largest absolute Gasteiger partial charge is 0.282 e. The molecule has 1 saturated carbocycles. The van der Waals surface area contributed by atoms with Gasteiger partial charge in [-0.3, -0.25) is 4.79 Å². The van der Waals surface area contributed by atoms with Crippen molar-refractivity contribution in [2.24, 2.45) is 5.10 Å². The Hall–Kier alpha value is -2.27. The molecule has 0 N–H and O–H groups in total. The van der Waals surface area contributed by atoms with Crippen molar-refractivity contribution in [2.75, 3.05) is 0 Å². The number of nitrogens with zero attached hydrogens (tertiary/aromatic N) is 3. The molecule has 0 saturated heterocycles. The topological polar surface area (TPSA) is 47.2 Å². The molecule has 1 aliphatic rings. The predicted octanol–water partition coefficient (Wildman–Crippen LogP) is 6.01. The molecule has 4 nitrogen and oxygen atoms in total. The highest BCUT2D eigenvalue weighted by molar-refractivity contribution is 9.10. The molecule has 0 radical (unpaired) electrons. The molecule has 3 aromatic rings. The average molecular weight is 452 g/mol. The lowest BCUT2D eigenvalue weighted by atomic mass is 9.88. The van der Waals surface area contributed by atoms with E-state index in [-0.39, 0.29) is 11.5 Å². The van der Waals surface area contributed by atoms with Crippen LogP contribution in [0.15, 0.2) is 44.7 Å². The van der Waals surface area contributed by atoms with E-state index >= 15 is 0 Å². The molecule has 4 rings (SSSR count). The smallest absolute Gasteiger partial charge is 0.267 e. The summed E-state index contributed by atoms with van der Waals surface area (Å²) in [4.78, 5) is 18.3. The Kier molecular flexibility index (Phi) is 5.68. The molecule has 0 atom stereocenters. The lowest BCUT2D eigenvalue weighted by Crippen LogP contribution is -2.25. The van der Waals surface area contributed by atoms with Crippen molar-refractivity contribution in [3.8, 4) is 0 Å². The van der Waals surface area contributed by atoms with Gasteiger partial charge in [0, 0.05) is 16.0 Å². The number of halogens is 1. The van der Waals surface area contributed by atoms with E-state index in [0.29, 0.717) is 5.39 Å². The molecule has 0 spiro atoms. The lowest BCUT2D eigenvalue weighted by molar-refractivity contribution is 0.416. The van der Waals surface area contributed by atoms with Crippen molar-refractivity contribution >= 4 is 33.0 Å². The van der Waals surface area contributed by atoms with E-state index in [0.717, 1.165) is 45.3 Å². The van der Waals surface area contributed by atoms with Gasteiger partial charge >= 0.3 is 0 Å². The number of aryl methyl sites for hydroxylation is 3. The normalized spacial score (nSPS) is 15.4. The lowest BCUT2D eigenvalue weighted by Gasteiger charge is -2.22. The maximum absolute atomic E-state index is 13.4. The summed E-state index contributed by atoms with van der Waals surface area (Å²) in [5.74, 6) is 1.07. The van der Waals surface area contributed by atoms with Gasteiger partial charge in [0.05, 0.1) is 17.1 Å². The quantitative estimate of drug-likeness (QED) is 0.457. The van der Waals surface area contributed by atoms with Crippen LogP contribution in [0.5, 0.6) is 0 Å². The Morgan fingerprint density at radius 3 is 2.45 bits per heavy atom. The van der Waals surface area contributed by atoms with E-state index in [2.05, 4.69) is 53.9 Å². The number of benzene rings is 2. The highest BCUT2D eigenvalue weighted by Crippen LogP contribution is 2.32. The molecule has 0 amide bonds.